The van der Waals surface area contributed by atoms with Crippen LogP contribution in [0.2, 0.25) is 0 Å². The molecule has 0 aromatic carbocycles. The number of alkyl halides is 3. The molecule has 21 heavy (non-hydrogen) atoms. The lowest BCUT2D eigenvalue weighted by atomic mass is 9.98. The molecule has 0 saturated carbocycles. The molecule has 0 radical (unpaired) electrons. The van der Waals surface area contributed by atoms with Crippen LogP contribution in [0, 0.1) is 11.8 Å². The zero-order valence-corrected chi connectivity index (χ0v) is 12.9. The molecule has 120 valence electrons. The van der Waals surface area contributed by atoms with Crippen molar-refractivity contribution in [3.63, 3.8) is 0 Å². The van der Waals surface area contributed by atoms with Crippen LogP contribution in [0.5, 0.6) is 0 Å². The fourth-order valence-electron chi connectivity index (χ4n) is 1.50. The number of aromatic nitrogens is 2. The van der Waals surface area contributed by atoms with Crippen LogP contribution in [0.4, 0.5) is 24.9 Å². The minimum absolute atomic E-state index is 0.00590. The number of anilines is 2. The van der Waals surface area contributed by atoms with Crippen LogP contribution >= 0.6 is 0 Å². The van der Waals surface area contributed by atoms with Crippen molar-refractivity contribution in [2.24, 2.45) is 11.8 Å². The van der Waals surface area contributed by atoms with E-state index in [1.54, 1.807) is 0 Å². The lowest BCUT2D eigenvalue weighted by Crippen LogP contribution is -2.19. The molecule has 0 aliphatic carbocycles. The minimum atomic E-state index is -4.48. The second-order valence-electron chi connectivity index (χ2n) is 5.49. The summed E-state index contributed by atoms with van der Waals surface area (Å²) < 4.78 is 38.6. The highest BCUT2D eigenvalue weighted by atomic mass is 19.4. The first kappa shape index (κ1) is 17.5. The van der Waals surface area contributed by atoms with Gasteiger partial charge >= 0.3 is 6.18 Å². The Hall–Kier alpha value is -1.53. The van der Waals surface area contributed by atoms with E-state index in [9.17, 15) is 13.2 Å². The van der Waals surface area contributed by atoms with Crippen LogP contribution in [-0.2, 0) is 6.18 Å². The van der Waals surface area contributed by atoms with Crippen LogP contribution in [0.3, 0.4) is 0 Å². The Kier molecular flexibility index (Phi) is 6.23. The molecule has 1 rings (SSSR count). The van der Waals surface area contributed by atoms with Gasteiger partial charge in [-0.05, 0) is 18.3 Å². The van der Waals surface area contributed by atoms with Crippen molar-refractivity contribution in [1.82, 2.24) is 9.97 Å². The predicted molar refractivity (Wildman–Crippen MR) is 78.3 cm³/mol. The van der Waals surface area contributed by atoms with E-state index >= 15 is 0 Å². The summed E-state index contributed by atoms with van der Waals surface area (Å²) in [6, 6.07) is 0.949. The van der Waals surface area contributed by atoms with Crippen molar-refractivity contribution in [3.8, 4) is 0 Å². The number of halogens is 3. The summed E-state index contributed by atoms with van der Waals surface area (Å²) in [6.45, 7) is 9.20. The molecule has 1 aromatic heterocycles. The summed E-state index contributed by atoms with van der Waals surface area (Å²) in [5.74, 6) is 0.982. The molecule has 1 atom stereocenters. The Morgan fingerprint density at radius 1 is 1.14 bits per heavy atom. The second kappa shape index (κ2) is 7.47. The Morgan fingerprint density at radius 3 is 2.33 bits per heavy atom. The molecule has 1 unspecified atom stereocenters. The van der Waals surface area contributed by atoms with E-state index in [1.807, 2.05) is 13.8 Å². The smallest absolute Gasteiger partial charge is 0.370 e. The first-order valence-electron chi connectivity index (χ1n) is 7.18. The van der Waals surface area contributed by atoms with Gasteiger partial charge in [-0.2, -0.15) is 18.2 Å². The van der Waals surface area contributed by atoms with E-state index < -0.39 is 11.9 Å². The van der Waals surface area contributed by atoms with Gasteiger partial charge in [0.25, 0.3) is 0 Å². The average Bonchev–Trinajstić information content (AvgIpc) is 2.41. The quantitative estimate of drug-likeness (QED) is 0.799. The van der Waals surface area contributed by atoms with Gasteiger partial charge in [0.1, 0.15) is 5.82 Å². The van der Waals surface area contributed by atoms with Crippen molar-refractivity contribution >= 4 is 11.8 Å². The van der Waals surface area contributed by atoms with Crippen LogP contribution in [0.1, 0.15) is 39.8 Å². The van der Waals surface area contributed by atoms with E-state index in [-0.39, 0.29) is 11.8 Å². The molecule has 0 aliphatic rings. The molecule has 0 bridgehead atoms. The van der Waals surface area contributed by atoms with Crippen LogP contribution < -0.4 is 10.6 Å². The molecule has 0 spiro atoms. The maximum absolute atomic E-state index is 12.9. The largest absolute Gasteiger partial charge is 0.433 e. The summed E-state index contributed by atoms with van der Waals surface area (Å²) in [5, 5.41) is 5.76. The van der Waals surface area contributed by atoms with E-state index in [2.05, 4.69) is 34.4 Å². The fraction of sp³-hybridized carbons (Fsp3) is 0.714. The molecule has 1 aromatic rings. The molecule has 0 aliphatic heterocycles. The van der Waals surface area contributed by atoms with Crippen LogP contribution in [-0.4, -0.2) is 23.1 Å². The monoisotopic (exact) mass is 304 g/mol. The van der Waals surface area contributed by atoms with Crippen molar-refractivity contribution in [2.45, 2.75) is 40.3 Å². The Balaban J connectivity index is 2.91. The third-order valence-electron chi connectivity index (χ3n) is 3.29. The highest BCUT2D eigenvalue weighted by Gasteiger charge is 2.33. The summed E-state index contributed by atoms with van der Waals surface area (Å²) in [6.07, 6.45) is -3.70. The highest BCUT2D eigenvalue weighted by Crippen LogP contribution is 2.29. The third kappa shape index (κ3) is 5.77. The third-order valence-corrected chi connectivity index (χ3v) is 3.29. The zero-order chi connectivity index (χ0) is 16.0. The summed E-state index contributed by atoms with van der Waals surface area (Å²) in [5.41, 5.74) is -0.934. The molecular formula is C14H23F3N4. The molecule has 1 heterocycles. The number of nitrogens with one attached hydrogen (secondary N) is 2. The van der Waals surface area contributed by atoms with Gasteiger partial charge in [0.2, 0.25) is 5.95 Å². The number of nitrogens with zero attached hydrogens (tertiary/aromatic N) is 2. The molecular weight excluding hydrogens is 281 g/mol. The first-order valence-corrected chi connectivity index (χ1v) is 7.18. The average molecular weight is 304 g/mol. The molecule has 0 fully saturated rings. The van der Waals surface area contributed by atoms with Crippen LogP contribution in [0.25, 0.3) is 0 Å². The molecule has 7 heteroatoms. The Labute approximate surface area is 123 Å². The standard InChI is InChI=1S/C14H23F3N4/c1-5-6-18-13-20-11(14(15,16)17)7-12(21-13)19-8-10(4)9(2)3/h7,9-10H,5-6,8H2,1-4H3,(H2,18,19,20,21). The first-order chi connectivity index (χ1) is 9.74. The molecule has 0 saturated heterocycles. The van der Waals surface area contributed by atoms with Crippen LogP contribution in [0.15, 0.2) is 6.07 Å². The highest BCUT2D eigenvalue weighted by molar-refractivity contribution is 5.43. The number of hydrogen-bond donors (Lipinski definition) is 2. The van der Waals surface area contributed by atoms with Gasteiger partial charge in [0.05, 0.1) is 0 Å². The summed E-state index contributed by atoms with van der Waals surface area (Å²) >= 11 is 0. The Bertz CT molecular complexity index is 446. The van der Waals surface area contributed by atoms with Gasteiger partial charge in [-0.3, -0.25) is 0 Å². The molecule has 4 nitrogen and oxygen atoms in total. The lowest BCUT2D eigenvalue weighted by molar-refractivity contribution is -0.141. The number of hydrogen-bond acceptors (Lipinski definition) is 4. The lowest BCUT2D eigenvalue weighted by Gasteiger charge is -2.17. The van der Waals surface area contributed by atoms with Gasteiger partial charge in [0, 0.05) is 19.2 Å². The van der Waals surface area contributed by atoms with Crippen molar-refractivity contribution in [1.29, 1.82) is 0 Å². The van der Waals surface area contributed by atoms with Gasteiger partial charge in [-0.1, -0.05) is 27.7 Å². The second-order valence-corrected chi connectivity index (χ2v) is 5.49. The van der Waals surface area contributed by atoms with E-state index in [1.165, 1.54) is 0 Å². The molecule has 0 amide bonds. The topological polar surface area (TPSA) is 49.8 Å². The van der Waals surface area contributed by atoms with Gasteiger partial charge in [-0.25, -0.2) is 4.98 Å². The maximum Gasteiger partial charge on any atom is 0.433 e. The normalized spacial score (nSPS) is 13.3. The zero-order valence-electron chi connectivity index (χ0n) is 12.9. The van der Waals surface area contributed by atoms with Crippen molar-refractivity contribution in [2.75, 3.05) is 23.7 Å². The predicted octanol–water partition coefficient (Wildman–Crippen LogP) is 4.02. The SMILES string of the molecule is CCCNc1nc(NCC(C)C(C)C)cc(C(F)(F)F)n1. The summed E-state index contributed by atoms with van der Waals surface area (Å²) in [4.78, 5) is 7.60. The van der Waals surface area contributed by atoms with E-state index in [0.29, 0.717) is 24.9 Å². The number of rotatable bonds is 7. The van der Waals surface area contributed by atoms with Crippen molar-refractivity contribution in [3.05, 3.63) is 11.8 Å². The molecule has 2 N–H and O–H groups in total. The maximum atomic E-state index is 12.9. The van der Waals surface area contributed by atoms with Crippen molar-refractivity contribution < 1.29 is 13.2 Å². The summed E-state index contributed by atoms with van der Waals surface area (Å²) in [7, 11) is 0. The van der Waals surface area contributed by atoms with Gasteiger partial charge in [0.15, 0.2) is 5.69 Å². The van der Waals surface area contributed by atoms with Gasteiger partial charge in [-0.15, -0.1) is 0 Å². The van der Waals surface area contributed by atoms with E-state index in [0.717, 1.165) is 12.5 Å². The Morgan fingerprint density at radius 2 is 1.81 bits per heavy atom. The minimum Gasteiger partial charge on any atom is -0.370 e. The van der Waals surface area contributed by atoms with E-state index in [4.69, 9.17) is 0 Å². The van der Waals surface area contributed by atoms with Gasteiger partial charge < -0.3 is 10.6 Å². The fourth-order valence-corrected chi connectivity index (χ4v) is 1.50.